The van der Waals surface area contributed by atoms with Gasteiger partial charge in [0.05, 0.1) is 0 Å². The van der Waals surface area contributed by atoms with Crippen molar-refractivity contribution in [3.8, 4) is 0 Å². The Hall–Kier alpha value is -4.37. The van der Waals surface area contributed by atoms with Gasteiger partial charge in [0.15, 0.2) is 0 Å². The summed E-state index contributed by atoms with van der Waals surface area (Å²) in [5.74, 6) is 0.822. The first-order valence-corrected chi connectivity index (χ1v) is 10.3. The highest BCUT2D eigenvalue weighted by Crippen LogP contribution is 2.24. The third-order valence-electron chi connectivity index (χ3n) is 4.70. The van der Waals surface area contributed by atoms with Gasteiger partial charge in [0.25, 0.3) is 0 Å². The van der Waals surface area contributed by atoms with E-state index >= 15 is 0 Å². The Morgan fingerprint density at radius 1 is 0.469 bits per heavy atom. The third-order valence-corrected chi connectivity index (χ3v) is 4.70. The Labute approximate surface area is 187 Å². The summed E-state index contributed by atoms with van der Waals surface area (Å²) in [7, 11) is 0. The summed E-state index contributed by atoms with van der Waals surface area (Å²) in [4.78, 5) is 12.9. The molecule has 0 saturated heterocycles. The normalized spacial score (nSPS) is 11.6. The third kappa shape index (κ3) is 5.83. The maximum atomic E-state index is 12.9. The molecule has 0 N–H and O–H groups in total. The van der Waals surface area contributed by atoms with Gasteiger partial charge in [0, 0.05) is 11.1 Å². The van der Waals surface area contributed by atoms with Crippen molar-refractivity contribution < 1.29 is 14.3 Å². The van der Waals surface area contributed by atoms with E-state index in [-0.39, 0.29) is 0 Å². The van der Waals surface area contributed by atoms with Crippen LogP contribution in [0.5, 0.6) is 0 Å². The Bertz CT molecular complexity index is 1100. The number of hydrogen-bond donors (Lipinski definition) is 0. The van der Waals surface area contributed by atoms with Gasteiger partial charge in [-0.2, -0.15) is 0 Å². The van der Waals surface area contributed by atoms with Crippen molar-refractivity contribution in [3.63, 3.8) is 0 Å². The second-order valence-corrected chi connectivity index (χ2v) is 7.02. The standard InChI is InChI=1S/C29H22O3/c30-29(31-27(25-17-9-3-10-18-25)21-23-13-5-1-6-14-23)32-28(26-19-11-4-12-20-26)22-24-15-7-2-8-16-24/h1-22H. The smallest absolute Gasteiger partial charge is 0.394 e. The summed E-state index contributed by atoms with van der Waals surface area (Å²) in [6, 6.07) is 38.4. The summed E-state index contributed by atoms with van der Waals surface area (Å²) in [5.41, 5.74) is 3.40. The molecular formula is C29H22O3. The topological polar surface area (TPSA) is 35.5 Å². The van der Waals surface area contributed by atoms with Crippen LogP contribution in [0.2, 0.25) is 0 Å². The molecule has 0 atom stereocenters. The second-order valence-electron chi connectivity index (χ2n) is 7.02. The minimum Gasteiger partial charge on any atom is -0.394 e. The zero-order chi connectivity index (χ0) is 22.0. The molecule has 4 aromatic carbocycles. The fourth-order valence-corrected chi connectivity index (χ4v) is 3.15. The predicted molar refractivity (Wildman–Crippen MR) is 129 cm³/mol. The molecule has 32 heavy (non-hydrogen) atoms. The molecule has 0 aliphatic heterocycles. The minimum absolute atomic E-state index is 0.411. The molecule has 0 unspecified atom stereocenters. The summed E-state index contributed by atoms with van der Waals surface area (Å²) in [6.07, 6.45) is 2.83. The van der Waals surface area contributed by atoms with Crippen molar-refractivity contribution in [2.24, 2.45) is 0 Å². The molecule has 156 valence electrons. The van der Waals surface area contributed by atoms with Crippen LogP contribution in [0, 0.1) is 0 Å². The first kappa shape index (κ1) is 20.9. The maximum Gasteiger partial charge on any atom is 0.519 e. The monoisotopic (exact) mass is 418 g/mol. The molecule has 4 aromatic rings. The fourth-order valence-electron chi connectivity index (χ4n) is 3.15. The van der Waals surface area contributed by atoms with Crippen LogP contribution in [0.1, 0.15) is 22.3 Å². The van der Waals surface area contributed by atoms with Gasteiger partial charge in [0.2, 0.25) is 0 Å². The quantitative estimate of drug-likeness (QED) is 0.184. The first-order chi connectivity index (χ1) is 15.8. The van der Waals surface area contributed by atoms with Crippen LogP contribution in [-0.4, -0.2) is 6.16 Å². The van der Waals surface area contributed by atoms with Crippen molar-refractivity contribution in [1.82, 2.24) is 0 Å². The van der Waals surface area contributed by atoms with Crippen LogP contribution in [0.15, 0.2) is 121 Å². The molecule has 0 aliphatic rings. The average Bonchev–Trinajstić information content (AvgIpc) is 2.86. The minimum atomic E-state index is -0.804. The second kappa shape index (κ2) is 10.6. The molecule has 3 nitrogen and oxygen atoms in total. The van der Waals surface area contributed by atoms with E-state index in [1.54, 1.807) is 0 Å². The largest absolute Gasteiger partial charge is 0.519 e. The zero-order valence-electron chi connectivity index (χ0n) is 17.4. The van der Waals surface area contributed by atoms with Gasteiger partial charge in [-0.1, -0.05) is 121 Å². The van der Waals surface area contributed by atoms with E-state index in [0.29, 0.717) is 11.5 Å². The Kier molecular flexibility index (Phi) is 6.92. The molecule has 0 radical (unpaired) electrons. The van der Waals surface area contributed by atoms with Crippen molar-refractivity contribution in [3.05, 3.63) is 144 Å². The highest BCUT2D eigenvalue weighted by Gasteiger charge is 2.15. The van der Waals surface area contributed by atoms with E-state index in [4.69, 9.17) is 9.47 Å². The van der Waals surface area contributed by atoms with Crippen molar-refractivity contribution >= 4 is 29.8 Å². The first-order valence-electron chi connectivity index (χ1n) is 10.3. The van der Waals surface area contributed by atoms with Crippen molar-refractivity contribution in [2.45, 2.75) is 0 Å². The fraction of sp³-hybridized carbons (Fsp3) is 0. The number of ether oxygens (including phenoxy) is 2. The Morgan fingerprint density at radius 3 is 1.12 bits per heavy atom. The highest BCUT2D eigenvalue weighted by molar-refractivity contribution is 5.87. The lowest BCUT2D eigenvalue weighted by Crippen LogP contribution is -2.07. The molecule has 4 rings (SSSR count). The summed E-state index contributed by atoms with van der Waals surface area (Å²) >= 11 is 0. The van der Waals surface area contributed by atoms with Crippen LogP contribution in [-0.2, 0) is 9.47 Å². The number of carbonyl (C=O) groups is 1. The molecule has 0 amide bonds. The van der Waals surface area contributed by atoms with Gasteiger partial charge >= 0.3 is 6.16 Å². The Morgan fingerprint density at radius 2 is 0.781 bits per heavy atom. The van der Waals surface area contributed by atoms with Gasteiger partial charge in [0.1, 0.15) is 11.5 Å². The number of hydrogen-bond acceptors (Lipinski definition) is 3. The number of benzene rings is 4. The molecule has 0 spiro atoms. The lowest BCUT2D eigenvalue weighted by atomic mass is 10.1. The van der Waals surface area contributed by atoms with Crippen molar-refractivity contribution in [2.75, 3.05) is 0 Å². The van der Waals surface area contributed by atoms with Crippen LogP contribution in [0.4, 0.5) is 4.79 Å². The van der Waals surface area contributed by atoms with Crippen LogP contribution in [0.25, 0.3) is 23.7 Å². The molecule has 3 heteroatoms. The number of carbonyl (C=O) groups excluding carboxylic acids is 1. The van der Waals surface area contributed by atoms with E-state index in [1.807, 2.05) is 133 Å². The average molecular weight is 418 g/mol. The van der Waals surface area contributed by atoms with E-state index in [9.17, 15) is 4.79 Å². The van der Waals surface area contributed by atoms with E-state index < -0.39 is 6.16 Å². The molecule has 0 saturated carbocycles. The highest BCUT2D eigenvalue weighted by atomic mass is 16.7. The van der Waals surface area contributed by atoms with E-state index in [1.165, 1.54) is 0 Å². The van der Waals surface area contributed by atoms with Gasteiger partial charge in [-0.3, -0.25) is 0 Å². The lowest BCUT2D eigenvalue weighted by Gasteiger charge is -2.12. The van der Waals surface area contributed by atoms with Gasteiger partial charge < -0.3 is 9.47 Å². The van der Waals surface area contributed by atoms with E-state index in [0.717, 1.165) is 22.3 Å². The molecule has 0 fully saturated rings. The van der Waals surface area contributed by atoms with Gasteiger partial charge in [-0.25, -0.2) is 4.79 Å². The van der Waals surface area contributed by atoms with E-state index in [2.05, 4.69) is 0 Å². The maximum absolute atomic E-state index is 12.9. The number of rotatable bonds is 6. The lowest BCUT2D eigenvalue weighted by molar-refractivity contribution is 0.133. The summed E-state index contributed by atoms with van der Waals surface area (Å²) in [6.45, 7) is 0. The molecule has 0 aliphatic carbocycles. The zero-order valence-corrected chi connectivity index (χ0v) is 17.4. The molecule has 0 aromatic heterocycles. The van der Waals surface area contributed by atoms with Gasteiger partial charge in [-0.15, -0.1) is 0 Å². The Balaban J connectivity index is 1.62. The molecule has 0 bridgehead atoms. The SMILES string of the molecule is O=C(OC(=Cc1ccccc1)c1ccccc1)OC(=Cc1ccccc1)c1ccccc1. The molecular weight excluding hydrogens is 396 g/mol. The van der Waals surface area contributed by atoms with Crippen LogP contribution < -0.4 is 0 Å². The molecule has 0 heterocycles. The van der Waals surface area contributed by atoms with Crippen molar-refractivity contribution in [1.29, 1.82) is 0 Å². The van der Waals surface area contributed by atoms with Gasteiger partial charge in [-0.05, 0) is 23.3 Å². The summed E-state index contributed by atoms with van der Waals surface area (Å²) < 4.78 is 11.4. The predicted octanol–water partition coefficient (Wildman–Crippen LogP) is 7.54. The van der Waals surface area contributed by atoms with Crippen LogP contribution in [0.3, 0.4) is 0 Å². The van der Waals surface area contributed by atoms with Crippen LogP contribution >= 0.6 is 0 Å². The summed E-state index contributed by atoms with van der Waals surface area (Å²) in [5, 5.41) is 0.